The Hall–Kier alpha value is -4.77. The van der Waals surface area contributed by atoms with Crippen molar-refractivity contribution in [2.24, 2.45) is 22.9 Å². The zero-order valence-electron chi connectivity index (χ0n) is 24.4. The van der Waals surface area contributed by atoms with Gasteiger partial charge in [-0.2, -0.15) is 0 Å². The van der Waals surface area contributed by atoms with Gasteiger partial charge < -0.3 is 54.4 Å². The van der Waals surface area contributed by atoms with Crippen molar-refractivity contribution in [3.05, 3.63) is 29.8 Å². The third kappa shape index (κ3) is 13.9. The molecule has 1 aromatic carbocycles. The van der Waals surface area contributed by atoms with Crippen LogP contribution in [-0.4, -0.2) is 88.4 Å². The minimum atomic E-state index is -1.50. The van der Waals surface area contributed by atoms with Crippen LogP contribution in [0.1, 0.15) is 51.0 Å². The number of hydrogen-bond donors (Lipinski definition) is 10. The van der Waals surface area contributed by atoms with Crippen molar-refractivity contribution < 1.29 is 43.8 Å². The van der Waals surface area contributed by atoms with E-state index in [-0.39, 0.29) is 31.4 Å². The van der Waals surface area contributed by atoms with E-state index in [0.717, 1.165) is 0 Å². The highest BCUT2D eigenvalue weighted by atomic mass is 16.4. The number of phenols is 1. The molecule has 0 bridgehead atoms. The van der Waals surface area contributed by atoms with Gasteiger partial charge in [0.25, 0.3) is 0 Å². The Kier molecular flexibility index (Phi) is 15.8. The van der Waals surface area contributed by atoms with Crippen molar-refractivity contribution in [1.29, 1.82) is 0 Å². The molecular formula is C27H42N8O9. The number of primary amides is 2. The second-order valence-electron chi connectivity index (χ2n) is 10.2. The SMILES string of the molecule is CC(NC(=O)C(CC(N)=O)NC(=O)C(N)Cc1ccc(O)cc1)C(=O)NC(CCC(N)=O)C(=O)NC(CCCCN)C(=O)O. The number of carbonyl (C=O) groups excluding carboxylic acids is 6. The topological polar surface area (TPSA) is 312 Å². The summed E-state index contributed by atoms with van der Waals surface area (Å²) in [6, 6.07) is -0.713. The summed E-state index contributed by atoms with van der Waals surface area (Å²) in [6.07, 6.45) is -0.140. The molecule has 14 N–H and O–H groups in total. The standard InChI is InChI=1S/C27H42N8O9/c1-14(23(39)33-18(9-10-21(30)37)25(41)34-19(27(43)44)4-2-3-11-28)32-26(42)20(13-22(31)38)35-24(40)17(29)12-15-5-7-16(36)8-6-15/h5-8,14,17-20,36H,2-4,9-13,28-29H2,1H3,(H2,30,37)(H2,31,38)(H,32,42)(H,33,39)(H,34,41)(H,35,40)(H,43,44). The number of aliphatic carboxylic acids is 1. The van der Waals surface area contributed by atoms with Gasteiger partial charge in [0.1, 0.15) is 29.9 Å². The minimum absolute atomic E-state index is 0.0192. The van der Waals surface area contributed by atoms with E-state index in [9.17, 15) is 43.8 Å². The average molecular weight is 623 g/mol. The zero-order valence-corrected chi connectivity index (χ0v) is 24.4. The molecule has 0 spiro atoms. The first kappa shape index (κ1) is 37.3. The first-order chi connectivity index (χ1) is 20.6. The summed E-state index contributed by atoms with van der Waals surface area (Å²) >= 11 is 0. The van der Waals surface area contributed by atoms with Crippen LogP contribution >= 0.6 is 0 Å². The number of rotatable bonds is 20. The molecule has 0 aliphatic heterocycles. The summed E-state index contributed by atoms with van der Waals surface area (Å²) in [5.41, 5.74) is 22.4. The molecule has 0 aliphatic carbocycles. The number of carboxylic acids is 1. The van der Waals surface area contributed by atoms with E-state index in [1.807, 2.05) is 0 Å². The van der Waals surface area contributed by atoms with Gasteiger partial charge in [-0.25, -0.2) is 4.79 Å². The summed E-state index contributed by atoms with van der Waals surface area (Å²) in [5.74, 6) is -6.53. The highest BCUT2D eigenvalue weighted by molar-refractivity contribution is 5.97. The molecule has 0 fully saturated rings. The number of nitrogens with one attached hydrogen (secondary N) is 4. The maximum atomic E-state index is 12.9. The summed E-state index contributed by atoms with van der Waals surface area (Å²) in [5, 5.41) is 28.2. The number of amides is 6. The van der Waals surface area contributed by atoms with Crippen LogP contribution in [0, 0.1) is 0 Å². The van der Waals surface area contributed by atoms with E-state index in [1.165, 1.54) is 19.1 Å². The lowest BCUT2D eigenvalue weighted by molar-refractivity contribution is -0.142. The Morgan fingerprint density at radius 2 is 1.32 bits per heavy atom. The maximum Gasteiger partial charge on any atom is 0.326 e. The maximum absolute atomic E-state index is 12.9. The van der Waals surface area contributed by atoms with Crippen LogP contribution in [-0.2, 0) is 40.0 Å². The Balaban J connectivity index is 2.91. The van der Waals surface area contributed by atoms with Crippen LogP contribution in [0.3, 0.4) is 0 Å². The van der Waals surface area contributed by atoms with Crippen molar-refractivity contribution in [3.63, 3.8) is 0 Å². The van der Waals surface area contributed by atoms with Crippen molar-refractivity contribution >= 4 is 41.4 Å². The molecule has 0 heterocycles. The third-order valence-electron chi connectivity index (χ3n) is 6.39. The molecule has 17 heteroatoms. The van der Waals surface area contributed by atoms with Gasteiger partial charge in [-0.05, 0) is 63.3 Å². The van der Waals surface area contributed by atoms with E-state index in [4.69, 9.17) is 22.9 Å². The predicted octanol–water partition coefficient (Wildman–Crippen LogP) is -3.42. The Bertz CT molecular complexity index is 1180. The smallest absolute Gasteiger partial charge is 0.326 e. The predicted molar refractivity (Wildman–Crippen MR) is 156 cm³/mol. The van der Waals surface area contributed by atoms with E-state index in [2.05, 4.69) is 21.3 Å². The largest absolute Gasteiger partial charge is 0.508 e. The minimum Gasteiger partial charge on any atom is -0.508 e. The molecule has 0 aromatic heterocycles. The number of carboxylic acid groups (broad SMARTS) is 1. The van der Waals surface area contributed by atoms with Gasteiger partial charge in [-0.15, -0.1) is 0 Å². The molecule has 0 aliphatic rings. The van der Waals surface area contributed by atoms with Crippen LogP contribution in [0.4, 0.5) is 0 Å². The third-order valence-corrected chi connectivity index (χ3v) is 6.39. The van der Waals surface area contributed by atoms with Crippen molar-refractivity contribution in [2.75, 3.05) is 6.54 Å². The number of nitrogens with two attached hydrogens (primary N) is 4. The highest BCUT2D eigenvalue weighted by Gasteiger charge is 2.31. The molecule has 0 saturated carbocycles. The average Bonchev–Trinajstić information content (AvgIpc) is 2.94. The Morgan fingerprint density at radius 3 is 1.86 bits per heavy atom. The summed E-state index contributed by atoms with van der Waals surface area (Å²) in [4.78, 5) is 85.9. The normalized spacial score (nSPS) is 14.2. The first-order valence-electron chi connectivity index (χ1n) is 13.9. The number of phenolic OH excluding ortho intramolecular Hbond substituents is 1. The van der Waals surface area contributed by atoms with Crippen LogP contribution in [0.25, 0.3) is 0 Å². The Labute approximate surface area is 253 Å². The molecule has 44 heavy (non-hydrogen) atoms. The van der Waals surface area contributed by atoms with Crippen LogP contribution in [0.2, 0.25) is 0 Å². The summed E-state index contributed by atoms with van der Waals surface area (Å²) in [7, 11) is 0. The molecule has 0 radical (unpaired) electrons. The number of hydrogen-bond acceptors (Lipinski definition) is 10. The molecule has 17 nitrogen and oxygen atoms in total. The van der Waals surface area contributed by atoms with Gasteiger partial charge in [0.05, 0.1) is 12.5 Å². The van der Waals surface area contributed by atoms with Gasteiger partial charge in [-0.1, -0.05) is 12.1 Å². The lowest BCUT2D eigenvalue weighted by Crippen LogP contribution is -2.58. The fourth-order valence-corrected chi connectivity index (χ4v) is 3.92. The van der Waals surface area contributed by atoms with Crippen molar-refractivity contribution in [3.8, 4) is 5.75 Å². The van der Waals surface area contributed by atoms with Crippen molar-refractivity contribution in [2.45, 2.75) is 82.1 Å². The van der Waals surface area contributed by atoms with Gasteiger partial charge in [0.15, 0.2) is 0 Å². The summed E-state index contributed by atoms with van der Waals surface area (Å²) < 4.78 is 0. The molecule has 5 unspecified atom stereocenters. The monoisotopic (exact) mass is 622 g/mol. The van der Waals surface area contributed by atoms with Gasteiger partial charge in [0, 0.05) is 6.42 Å². The fourth-order valence-electron chi connectivity index (χ4n) is 3.92. The lowest BCUT2D eigenvalue weighted by atomic mass is 10.0. The molecule has 1 aromatic rings. The molecule has 0 saturated heterocycles. The molecule has 5 atom stereocenters. The van der Waals surface area contributed by atoms with Gasteiger partial charge in [-0.3, -0.25) is 28.8 Å². The van der Waals surface area contributed by atoms with Gasteiger partial charge in [0.2, 0.25) is 35.4 Å². The van der Waals surface area contributed by atoms with Crippen molar-refractivity contribution in [1.82, 2.24) is 21.3 Å². The first-order valence-corrected chi connectivity index (χ1v) is 13.9. The quantitative estimate of drug-likeness (QED) is 0.0638. The van der Waals surface area contributed by atoms with E-state index < -0.39 is 78.0 Å². The zero-order chi connectivity index (χ0) is 33.4. The van der Waals surface area contributed by atoms with E-state index in [1.54, 1.807) is 12.1 Å². The fraction of sp³-hybridized carbons (Fsp3) is 0.519. The van der Waals surface area contributed by atoms with Crippen LogP contribution in [0.15, 0.2) is 24.3 Å². The van der Waals surface area contributed by atoms with E-state index in [0.29, 0.717) is 24.9 Å². The summed E-state index contributed by atoms with van der Waals surface area (Å²) in [6.45, 7) is 1.58. The second kappa shape index (κ2) is 18.7. The van der Waals surface area contributed by atoms with Gasteiger partial charge >= 0.3 is 5.97 Å². The lowest BCUT2D eigenvalue weighted by Gasteiger charge is -2.24. The van der Waals surface area contributed by atoms with Crippen LogP contribution < -0.4 is 44.2 Å². The number of benzene rings is 1. The molecular weight excluding hydrogens is 580 g/mol. The molecule has 6 amide bonds. The van der Waals surface area contributed by atoms with E-state index >= 15 is 0 Å². The van der Waals surface area contributed by atoms with Crippen LogP contribution in [0.5, 0.6) is 5.75 Å². The number of aromatic hydroxyl groups is 1. The number of unbranched alkanes of at least 4 members (excludes halogenated alkanes) is 1. The molecule has 244 valence electrons. The second-order valence-corrected chi connectivity index (χ2v) is 10.2. The number of carbonyl (C=O) groups is 7. The Morgan fingerprint density at radius 1 is 0.750 bits per heavy atom. The highest BCUT2D eigenvalue weighted by Crippen LogP contribution is 2.11. The molecule has 1 rings (SSSR count).